The van der Waals surface area contributed by atoms with Crippen molar-refractivity contribution in [3.05, 3.63) is 64.7 Å². The first kappa shape index (κ1) is 17.9. The summed E-state index contributed by atoms with van der Waals surface area (Å²) < 4.78 is 27.4. The molecular weight excluding hydrogens is 364 g/mol. The molecule has 2 heterocycles. The van der Waals surface area contributed by atoms with E-state index in [0.29, 0.717) is 24.3 Å². The molecule has 1 atom stereocenters. The van der Waals surface area contributed by atoms with Crippen molar-refractivity contribution in [2.24, 2.45) is 0 Å². The number of benzene rings is 2. The smallest absolute Gasteiger partial charge is 0.243 e. The lowest BCUT2D eigenvalue weighted by Crippen LogP contribution is -2.39. The van der Waals surface area contributed by atoms with Crippen LogP contribution in [0.25, 0.3) is 0 Å². The zero-order valence-electron chi connectivity index (χ0n) is 14.9. The number of imide groups is 1. The second-order valence-electron chi connectivity index (χ2n) is 7.12. The molecule has 1 unspecified atom stereocenters. The highest BCUT2D eigenvalue weighted by atomic mass is 32.2. The van der Waals surface area contributed by atoms with Crippen molar-refractivity contribution in [1.82, 2.24) is 9.62 Å². The van der Waals surface area contributed by atoms with Gasteiger partial charge in [0.2, 0.25) is 21.8 Å². The van der Waals surface area contributed by atoms with Crippen molar-refractivity contribution in [3.63, 3.8) is 0 Å². The average Bonchev–Trinajstić information content (AvgIpc) is 3.06. The van der Waals surface area contributed by atoms with Crippen LogP contribution in [0.2, 0.25) is 0 Å². The molecule has 0 saturated carbocycles. The summed E-state index contributed by atoms with van der Waals surface area (Å²) in [6.45, 7) is 2.47. The molecule has 0 aromatic heterocycles. The van der Waals surface area contributed by atoms with Crippen molar-refractivity contribution in [2.45, 2.75) is 43.7 Å². The van der Waals surface area contributed by atoms with Crippen LogP contribution in [0.4, 0.5) is 0 Å². The number of carbonyl (C=O) groups excluding carboxylic acids is 2. The number of nitrogens with one attached hydrogen (secondary N) is 1. The Hall–Kier alpha value is -2.51. The Morgan fingerprint density at radius 2 is 1.81 bits per heavy atom. The minimum Gasteiger partial charge on any atom is -0.296 e. The minimum atomic E-state index is -3.58. The van der Waals surface area contributed by atoms with E-state index in [2.05, 4.69) is 5.32 Å². The number of carbonyl (C=O) groups is 2. The maximum absolute atomic E-state index is 13.0. The van der Waals surface area contributed by atoms with Crippen LogP contribution in [0.15, 0.2) is 47.4 Å². The Bertz CT molecular complexity index is 1050. The topological polar surface area (TPSA) is 83.6 Å². The van der Waals surface area contributed by atoms with E-state index in [9.17, 15) is 18.0 Å². The number of piperidine rings is 1. The normalized spacial score (nSPS) is 20.4. The van der Waals surface area contributed by atoms with Crippen molar-refractivity contribution < 1.29 is 18.0 Å². The zero-order chi connectivity index (χ0) is 19.2. The zero-order valence-corrected chi connectivity index (χ0v) is 15.8. The number of sulfonamides is 1. The van der Waals surface area contributed by atoms with Gasteiger partial charge in [-0.15, -0.1) is 0 Å². The molecule has 2 aliphatic heterocycles. The third kappa shape index (κ3) is 3.28. The van der Waals surface area contributed by atoms with Crippen LogP contribution in [-0.2, 0) is 32.7 Å². The standard InChI is InChI=1S/C20H20N2O4S/c1-13-3-2-4-17(9-13)27(25,26)22-11-15-6-5-14(10-16(15)12-22)18-7-8-19(23)21-20(18)24/h2-6,9-10,18H,7-8,11-12H2,1H3,(H,21,23,24). The van der Waals surface area contributed by atoms with E-state index in [1.54, 1.807) is 18.2 Å². The number of fused-ring (bicyclic) bond motifs is 1. The van der Waals surface area contributed by atoms with Gasteiger partial charge in [0.05, 0.1) is 10.8 Å². The van der Waals surface area contributed by atoms with Crippen molar-refractivity contribution in [3.8, 4) is 0 Å². The SMILES string of the molecule is Cc1cccc(S(=O)(=O)N2Cc3ccc(C4CCC(=O)NC4=O)cc3C2)c1. The summed E-state index contributed by atoms with van der Waals surface area (Å²) >= 11 is 0. The van der Waals surface area contributed by atoms with Gasteiger partial charge in [0.15, 0.2) is 0 Å². The van der Waals surface area contributed by atoms with E-state index >= 15 is 0 Å². The van der Waals surface area contributed by atoms with Gasteiger partial charge in [-0.1, -0.05) is 30.3 Å². The number of aryl methyl sites for hydroxylation is 1. The predicted molar refractivity (Wildman–Crippen MR) is 99.2 cm³/mol. The molecule has 0 radical (unpaired) electrons. The molecule has 1 saturated heterocycles. The van der Waals surface area contributed by atoms with Crippen LogP contribution in [0.1, 0.15) is 41.0 Å². The van der Waals surface area contributed by atoms with E-state index < -0.39 is 10.0 Å². The van der Waals surface area contributed by atoms with E-state index in [1.165, 1.54) is 4.31 Å². The van der Waals surface area contributed by atoms with Crippen molar-refractivity contribution in [1.29, 1.82) is 0 Å². The molecule has 1 N–H and O–H groups in total. The summed E-state index contributed by atoms with van der Waals surface area (Å²) in [4.78, 5) is 23.7. The lowest BCUT2D eigenvalue weighted by molar-refractivity contribution is -0.134. The molecule has 27 heavy (non-hydrogen) atoms. The Balaban J connectivity index is 1.59. The highest BCUT2D eigenvalue weighted by Gasteiger charge is 2.33. The van der Waals surface area contributed by atoms with Crippen LogP contribution in [0.3, 0.4) is 0 Å². The molecule has 2 aliphatic rings. The molecule has 4 rings (SSSR count). The van der Waals surface area contributed by atoms with Crippen LogP contribution < -0.4 is 5.32 Å². The van der Waals surface area contributed by atoms with Crippen LogP contribution >= 0.6 is 0 Å². The number of hydrogen-bond donors (Lipinski definition) is 1. The summed E-state index contributed by atoms with van der Waals surface area (Å²) in [7, 11) is -3.58. The van der Waals surface area contributed by atoms with Crippen LogP contribution in [-0.4, -0.2) is 24.5 Å². The summed E-state index contributed by atoms with van der Waals surface area (Å²) in [5.74, 6) is -0.892. The molecule has 2 aromatic rings. The monoisotopic (exact) mass is 384 g/mol. The first-order chi connectivity index (χ1) is 12.8. The number of hydrogen-bond acceptors (Lipinski definition) is 4. The van der Waals surface area contributed by atoms with Gasteiger partial charge in [0.1, 0.15) is 0 Å². The summed E-state index contributed by atoms with van der Waals surface area (Å²) in [6.07, 6.45) is 0.802. The van der Waals surface area contributed by atoms with E-state index in [0.717, 1.165) is 22.3 Å². The second-order valence-corrected chi connectivity index (χ2v) is 9.06. The Labute approximate surface area is 158 Å². The maximum atomic E-state index is 13.0. The van der Waals surface area contributed by atoms with Gasteiger partial charge in [0.25, 0.3) is 0 Å². The predicted octanol–water partition coefficient (Wildman–Crippen LogP) is 2.22. The highest BCUT2D eigenvalue weighted by molar-refractivity contribution is 7.89. The van der Waals surface area contributed by atoms with Gasteiger partial charge in [-0.05, 0) is 47.7 Å². The molecule has 2 aromatic carbocycles. The van der Waals surface area contributed by atoms with Crippen molar-refractivity contribution >= 4 is 21.8 Å². The molecule has 0 spiro atoms. The molecule has 7 heteroatoms. The van der Waals surface area contributed by atoms with Crippen LogP contribution in [0.5, 0.6) is 0 Å². The fourth-order valence-electron chi connectivity index (χ4n) is 3.71. The molecular formula is C20H20N2O4S. The summed E-state index contributed by atoms with van der Waals surface area (Å²) in [5, 5.41) is 2.37. The third-order valence-corrected chi connectivity index (χ3v) is 6.98. The lowest BCUT2D eigenvalue weighted by Gasteiger charge is -2.21. The Morgan fingerprint density at radius 3 is 2.56 bits per heavy atom. The second kappa shape index (κ2) is 6.58. The summed E-state index contributed by atoms with van der Waals surface area (Å²) in [5.41, 5.74) is 3.58. The molecule has 2 amide bonds. The number of rotatable bonds is 3. The van der Waals surface area contributed by atoms with Gasteiger partial charge in [-0.2, -0.15) is 4.31 Å². The van der Waals surface area contributed by atoms with Crippen LogP contribution in [0, 0.1) is 6.92 Å². The van der Waals surface area contributed by atoms with Gasteiger partial charge in [0, 0.05) is 19.5 Å². The number of nitrogens with zero attached hydrogens (tertiary/aromatic N) is 1. The summed E-state index contributed by atoms with van der Waals surface area (Å²) in [6, 6.07) is 12.5. The lowest BCUT2D eigenvalue weighted by atomic mass is 9.89. The van der Waals surface area contributed by atoms with Gasteiger partial charge < -0.3 is 0 Å². The fourth-order valence-corrected chi connectivity index (χ4v) is 5.21. The minimum absolute atomic E-state index is 0.243. The molecule has 0 bridgehead atoms. The van der Waals surface area contributed by atoms with Gasteiger partial charge >= 0.3 is 0 Å². The largest absolute Gasteiger partial charge is 0.296 e. The molecule has 140 valence electrons. The average molecular weight is 384 g/mol. The molecule has 1 fully saturated rings. The number of amides is 2. The first-order valence-electron chi connectivity index (χ1n) is 8.87. The first-order valence-corrected chi connectivity index (χ1v) is 10.3. The van der Waals surface area contributed by atoms with Gasteiger partial charge in [-0.25, -0.2) is 8.42 Å². The quantitative estimate of drug-likeness (QED) is 0.823. The molecule has 6 nitrogen and oxygen atoms in total. The fraction of sp³-hybridized carbons (Fsp3) is 0.300. The van der Waals surface area contributed by atoms with E-state index in [1.807, 2.05) is 31.2 Å². The Kier molecular flexibility index (Phi) is 4.36. The van der Waals surface area contributed by atoms with E-state index in [4.69, 9.17) is 0 Å². The maximum Gasteiger partial charge on any atom is 0.243 e. The van der Waals surface area contributed by atoms with Crippen molar-refractivity contribution in [2.75, 3.05) is 0 Å². The third-order valence-electron chi connectivity index (χ3n) is 5.19. The molecule has 0 aliphatic carbocycles. The highest BCUT2D eigenvalue weighted by Crippen LogP contribution is 2.33. The Morgan fingerprint density at radius 1 is 1.04 bits per heavy atom. The van der Waals surface area contributed by atoms with Gasteiger partial charge in [-0.3, -0.25) is 14.9 Å². The van der Waals surface area contributed by atoms with E-state index in [-0.39, 0.29) is 24.3 Å².